The molecule has 710 valence electrons. The number of nitrogens with one attached hydrogen (secondary N) is 8. The van der Waals surface area contributed by atoms with Crippen molar-refractivity contribution in [3.63, 3.8) is 0 Å². The largest absolute Gasteiger partial charge is 0.369 e. The molecular formula is C92H132N18O16S4. The van der Waals surface area contributed by atoms with Gasteiger partial charge in [0.2, 0.25) is 87.4 Å². The number of carbonyl (C=O) groups excluding carboxylic acids is 8. The third-order valence-corrected chi connectivity index (χ3v) is 28.7. The normalized spacial score (nSPS) is 13.8. The predicted octanol–water partition coefficient (Wildman–Crippen LogP) is 2.03. The van der Waals surface area contributed by atoms with Crippen molar-refractivity contribution in [2.75, 3.05) is 97.9 Å². The first-order valence-corrected chi connectivity index (χ1v) is 50.5. The number of hydrogen-bond donors (Lipinski definition) is 14. The third-order valence-electron chi connectivity index (χ3n) is 21.6. The molecule has 7 rings (SSSR count). The summed E-state index contributed by atoms with van der Waals surface area (Å²) in [5.74, 6) is -9.07. The average Bonchev–Trinajstić information content (AvgIpc) is 0.828. The van der Waals surface area contributed by atoms with Gasteiger partial charge in [0.05, 0.1) is 55.2 Å². The Morgan fingerprint density at radius 2 is 0.523 bits per heavy atom. The van der Waals surface area contributed by atoms with Gasteiger partial charge in [-0.2, -0.15) is 17.2 Å². The lowest BCUT2D eigenvalue weighted by Gasteiger charge is -2.31. The molecule has 0 unspecified atom stereocenters. The quantitative estimate of drug-likeness (QED) is 0.0243. The van der Waals surface area contributed by atoms with Crippen LogP contribution in [0.2, 0.25) is 0 Å². The zero-order chi connectivity index (χ0) is 94.3. The van der Waals surface area contributed by atoms with E-state index in [1.165, 1.54) is 0 Å². The molecule has 20 N–H and O–H groups in total. The number of unbranched alkanes of at least 4 members (excludes halogenated alkanes) is 4. The van der Waals surface area contributed by atoms with E-state index >= 15 is 27.6 Å². The van der Waals surface area contributed by atoms with E-state index in [2.05, 4.69) is 42.5 Å². The van der Waals surface area contributed by atoms with Gasteiger partial charge >= 0.3 is 0 Å². The van der Waals surface area contributed by atoms with Gasteiger partial charge in [0.1, 0.15) is 18.1 Å². The molecule has 0 bridgehead atoms. The molecule has 0 saturated carbocycles. The highest BCUT2D eigenvalue weighted by atomic mass is 32.2. The summed E-state index contributed by atoms with van der Waals surface area (Å²) in [4.78, 5) is 117. The number of hydrogen-bond acceptors (Lipinski definition) is 22. The molecule has 0 aliphatic rings. The number of amides is 8. The van der Waals surface area contributed by atoms with Gasteiger partial charge in [-0.15, -0.1) is 0 Å². The van der Waals surface area contributed by atoms with Crippen LogP contribution in [0.1, 0.15) is 116 Å². The summed E-state index contributed by atoms with van der Waals surface area (Å²) in [6.45, 7) is -4.71. The monoisotopic (exact) mass is 1870 g/mol. The van der Waals surface area contributed by atoms with Gasteiger partial charge in [-0.25, -0.2) is 33.7 Å². The second-order valence-corrected chi connectivity index (χ2v) is 40.4. The highest BCUT2D eigenvalue weighted by molar-refractivity contribution is 7.89. The minimum atomic E-state index is -4.62. The highest BCUT2D eigenvalue weighted by Crippen LogP contribution is 2.21. The number of nitrogens with two attached hydrogens (primary N) is 6. The first-order valence-electron chi connectivity index (χ1n) is 44.1. The maximum atomic E-state index is 15.5. The SMILES string of the molecule is CN[C@@H](CCCCN)C(=O)N[C@@H](CCCCN)CN(CC(=O)N[C@@H](Cc1ccccc1)C(=O)N[C@@H](CCCCN)CN(CC(=O)N[C@@H](Cc1ccccc1)C(=O)N[C@@H](Cc1ccccc1)CN(CC(=O)N[C@@H](CCCCN)C(=O)N[C@@H](Cc1ccccc1)CN(CC(N)=O)S(=O)(=O)Cc1ccccc1)S(=O)(=O)Cc1ccccc1)S(=O)(=O)CCN)S(=O)(=O)Cc1ccccc1. The van der Waals surface area contributed by atoms with Crippen molar-refractivity contribution in [2.45, 2.75) is 168 Å². The second-order valence-electron chi connectivity index (χ2n) is 32.4. The predicted molar refractivity (Wildman–Crippen MR) is 504 cm³/mol. The molecule has 8 amide bonds. The van der Waals surface area contributed by atoms with Gasteiger partial charge in [0, 0.05) is 69.7 Å². The molecular weight excluding hydrogens is 1740 g/mol. The van der Waals surface area contributed by atoms with Crippen LogP contribution in [-0.2, 0) is 121 Å². The average molecular weight is 1870 g/mol. The molecule has 0 saturated heterocycles. The maximum absolute atomic E-state index is 15.5. The fourth-order valence-corrected chi connectivity index (χ4v) is 20.8. The van der Waals surface area contributed by atoms with Gasteiger partial charge in [-0.3, -0.25) is 38.4 Å². The molecule has 7 aromatic rings. The Balaban J connectivity index is 1.19. The number of sulfonamides is 4. The summed E-state index contributed by atoms with van der Waals surface area (Å²) in [6.07, 6.45) is 4.05. The Labute approximate surface area is 766 Å². The van der Waals surface area contributed by atoms with E-state index in [0.717, 1.165) is 17.2 Å². The fourth-order valence-electron chi connectivity index (χ4n) is 15.0. The molecule has 0 aromatic heterocycles. The van der Waals surface area contributed by atoms with Gasteiger partial charge < -0.3 is 76.9 Å². The summed E-state index contributed by atoms with van der Waals surface area (Å²) in [7, 11) is -16.2. The van der Waals surface area contributed by atoms with Crippen molar-refractivity contribution in [2.24, 2.45) is 34.4 Å². The van der Waals surface area contributed by atoms with Crippen LogP contribution in [0.5, 0.6) is 0 Å². The van der Waals surface area contributed by atoms with Crippen LogP contribution in [0.25, 0.3) is 0 Å². The number of nitrogens with zero attached hydrogens (tertiary/aromatic N) is 4. The summed E-state index contributed by atoms with van der Waals surface area (Å²) < 4.78 is 121. The van der Waals surface area contributed by atoms with Crippen LogP contribution in [0, 0.1) is 0 Å². The number of benzene rings is 7. The van der Waals surface area contributed by atoms with Gasteiger partial charge in [0.15, 0.2) is 0 Å². The second kappa shape index (κ2) is 56.4. The number of likely N-dealkylation sites (N-methyl/N-ethyl adjacent to an activating group) is 1. The molecule has 0 radical (unpaired) electrons. The van der Waals surface area contributed by atoms with Gasteiger partial charge in [0.25, 0.3) is 0 Å². The third kappa shape index (κ3) is 39.0. The van der Waals surface area contributed by atoms with Crippen molar-refractivity contribution >= 4 is 87.4 Å². The van der Waals surface area contributed by atoms with Crippen molar-refractivity contribution in [1.82, 2.24) is 59.8 Å². The van der Waals surface area contributed by atoms with Crippen molar-refractivity contribution in [3.8, 4) is 0 Å². The van der Waals surface area contributed by atoms with E-state index in [1.54, 1.807) is 219 Å². The lowest BCUT2D eigenvalue weighted by molar-refractivity contribution is -0.130. The van der Waals surface area contributed by atoms with E-state index in [4.69, 9.17) is 34.4 Å². The van der Waals surface area contributed by atoms with Crippen LogP contribution in [0.4, 0.5) is 0 Å². The molecule has 34 nitrogen and oxygen atoms in total. The first kappa shape index (κ1) is 107. The Bertz CT molecular complexity index is 5080. The summed E-state index contributed by atoms with van der Waals surface area (Å²) >= 11 is 0. The molecule has 0 fully saturated rings. The molecule has 0 heterocycles. The molecule has 7 aromatic carbocycles. The molecule has 0 aliphatic heterocycles. The Morgan fingerprint density at radius 3 is 0.823 bits per heavy atom. The minimum Gasteiger partial charge on any atom is -0.369 e. The molecule has 0 spiro atoms. The Morgan fingerprint density at radius 1 is 0.277 bits per heavy atom. The van der Waals surface area contributed by atoms with E-state index in [-0.39, 0.29) is 76.9 Å². The van der Waals surface area contributed by atoms with E-state index < -0.39 is 205 Å². The fraction of sp³-hybridized carbons (Fsp3) is 0.457. The van der Waals surface area contributed by atoms with Crippen LogP contribution in [-0.4, -0.2) is 244 Å². The minimum absolute atomic E-state index is 0.0323. The van der Waals surface area contributed by atoms with Crippen LogP contribution in [0.3, 0.4) is 0 Å². The Kier molecular flexibility index (Phi) is 46.3. The smallest absolute Gasteiger partial charge is 0.243 e. The van der Waals surface area contributed by atoms with Crippen molar-refractivity contribution in [3.05, 3.63) is 251 Å². The number of carbonyl (C=O) groups is 8. The standard InChI is InChI=1S/C92H132N18O16S4/c1-99-81(47-25-29-51-95)89(115)100-78(46-24-28-50-94)60-109(129(123,124)68-75-41-19-7-20-42-75)66-88(114)105-83(57-72-35-13-4-14-36-72)91(117)101-77(45-23-27-49-93)59-108(127(119,120)54-53-97)64-87(113)106-84(58-73-37-15-5-16-38-73)92(118)103-80(56-71-33-11-3-12-34-71)62-110(130(125,126)69-76-43-21-8-22-44-76)65-86(112)104-82(48-26-30-52-96)90(116)102-79(55-70-31-9-2-10-32-70)61-107(63-85(98)111)128(121,122)67-74-39-17-6-18-40-74/h2-22,31-44,77-84,99H,23-30,45-69,93-97H2,1H3,(H2,98,111)(H,100,115)(H,101,117)(H,102,116)(H,103,118)(H,104,112)(H,105,114)(H,106,113)/t77-,78-,79-,80-,81-,82-,83-,84-/m0/s1. The lowest BCUT2D eigenvalue weighted by atomic mass is 10.0. The van der Waals surface area contributed by atoms with Crippen molar-refractivity contribution in [1.29, 1.82) is 0 Å². The zero-order valence-electron chi connectivity index (χ0n) is 74.1. The molecule has 0 aliphatic carbocycles. The van der Waals surface area contributed by atoms with E-state index in [9.17, 15) is 44.4 Å². The Hall–Kier alpha value is -10.3. The van der Waals surface area contributed by atoms with Crippen molar-refractivity contribution < 1.29 is 72.0 Å². The van der Waals surface area contributed by atoms with E-state index in [1.807, 2.05) is 0 Å². The lowest BCUT2D eigenvalue weighted by Crippen LogP contribution is -2.58. The van der Waals surface area contributed by atoms with Crippen LogP contribution in [0.15, 0.2) is 212 Å². The molecule has 8 atom stereocenters. The van der Waals surface area contributed by atoms with Gasteiger partial charge in [-0.05, 0) is 143 Å². The maximum Gasteiger partial charge on any atom is 0.243 e. The molecule has 38 heteroatoms. The van der Waals surface area contributed by atoms with E-state index in [0.29, 0.717) is 103 Å². The first-order chi connectivity index (χ1) is 62.3. The number of rotatable bonds is 64. The zero-order valence-corrected chi connectivity index (χ0v) is 77.3. The topological polar surface area (TPSA) is 538 Å². The number of primary amides is 1. The molecule has 130 heavy (non-hydrogen) atoms. The van der Waals surface area contributed by atoms with Crippen LogP contribution < -0.4 is 76.9 Å². The summed E-state index contributed by atoms with van der Waals surface area (Å²) in [6, 6.07) is 50.0. The summed E-state index contributed by atoms with van der Waals surface area (Å²) in [5, 5.41) is 23.2. The summed E-state index contributed by atoms with van der Waals surface area (Å²) in [5.41, 5.74) is 38.8. The van der Waals surface area contributed by atoms with Crippen LogP contribution >= 0.6 is 0 Å². The van der Waals surface area contributed by atoms with Gasteiger partial charge in [-0.1, -0.05) is 232 Å². The highest BCUT2D eigenvalue weighted by Gasteiger charge is 2.38.